The zero-order valence-corrected chi connectivity index (χ0v) is 16.7. The lowest BCUT2D eigenvalue weighted by molar-refractivity contribution is -0.992. The third-order valence-corrected chi connectivity index (χ3v) is 5.07. The highest BCUT2D eigenvalue weighted by Gasteiger charge is 2.33. The van der Waals surface area contributed by atoms with Crippen LogP contribution in [0.3, 0.4) is 0 Å². The molecular formula is C18H23N2O7P. The first-order chi connectivity index (χ1) is 13.4. The number of nitrogens with one attached hydrogen (secondary N) is 2. The average molecular weight is 410 g/mol. The molecule has 1 unspecified atom stereocenters. The van der Waals surface area contributed by atoms with Crippen molar-refractivity contribution in [2.45, 2.75) is 19.9 Å². The summed E-state index contributed by atoms with van der Waals surface area (Å²) >= 11 is 0. The summed E-state index contributed by atoms with van der Waals surface area (Å²) in [6.07, 6.45) is 0. The molecule has 0 aromatic heterocycles. The number of carbonyl (C=O) groups excluding carboxylic acids is 1. The maximum absolute atomic E-state index is 13.3. The Labute approximate surface area is 163 Å². The zero-order valence-electron chi connectivity index (χ0n) is 15.8. The Morgan fingerprint density at radius 3 is 2.21 bits per heavy atom. The molecule has 0 saturated heterocycles. The summed E-state index contributed by atoms with van der Waals surface area (Å²) in [5, 5.41) is 13.6. The number of esters is 1. The highest BCUT2D eigenvalue weighted by atomic mass is 31.2. The van der Waals surface area contributed by atoms with E-state index in [-0.39, 0.29) is 12.4 Å². The first-order valence-electron chi connectivity index (χ1n) is 8.54. The van der Waals surface area contributed by atoms with E-state index in [4.69, 9.17) is 13.8 Å². The second kappa shape index (κ2) is 10.2. The molecule has 3 atom stereocenters. The van der Waals surface area contributed by atoms with E-state index >= 15 is 0 Å². The first kappa shape index (κ1) is 21.9. The molecule has 0 aliphatic rings. The predicted octanol–water partition coefficient (Wildman–Crippen LogP) is 2.37. The first-order valence-corrected chi connectivity index (χ1v) is 10.1. The molecule has 0 amide bonds. The molecule has 2 aromatic rings. The fourth-order valence-corrected chi connectivity index (χ4v) is 3.68. The highest BCUT2D eigenvalue weighted by molar-refractivity contribution is 7.52. The molecule has 0 spiro atoms. The van der Waals surface area contributed by atoms with Crippen LogP contribution in [-0.4, -0.2) is 25.7 Å². The summed E-state index contributed by atoms with van der Waals surface area (Å²) in [5.41, 5.74) is 0.307. The van der Waals surface area contributed by atoms with Crippen molar-refractivity contribution in [2.24, 2.45) is 0 Å². The van der Waals surface area contributed by atoms with Gasteiger partial charge >= 0.3 is 13.7 Å². The van der Waals surface area contributed by atoms with Gasteiger partial charge in [0, 0.05) is 12.1 Å². The standard InChI is InChI=1S/C18H23N2O7P/c1-4-25-18(21)14(2)19-28(23,26-16-8-6-5-7-9-16)27-17-12-10-15(11-13-17)20(22)24-3/h5-14,20H,4H2,1-3H3,(H,19,23)/t14-,28-/m0/s1. The van der Waals surface area contributed by atoms with E-state index in [0.29, 0.717) is 11.4 Å². The molecule has 0 bridgehead atoms. The van der Waals surface area contributed by atoms with Crippen LogP contribution in [0.1, 0.15) is 13.8 Å². The number of hydrogen-bond donors (Lipinski definition) is 2. The lowest BCUT2D eigenvalue weighted by Gasteiger charge is -2.23. The van der Waals surface area contributed by atoms with Crippen molar-refractivity contribution >= 4 is 19.4 Å². The quantitative estimate of drug-likeness (QED) is 0.349. The van der Waals surface area contributed by atoms with Crippen LogP contribution in [0, 0.1) is 5.21 Å². The SMILES string of the molecule is CCOC(=O)[C@H](C)N[P@](=O)(Oc1ccccc1)Oc1ccc([NH+]([O-])OC)cc1. The maximum Gasteiger partial charge on any atom is 0.513 e. The molecule has 0 saturated carbocycles. The lowest BCUT2D eigenvalue weighted by atomic mass is 10.3. The van der Waals surface area contributed by atoms with Crippen LogP contribution in [0.25, 0.3) is 0 Å². The van der Waals surface area contributed by atoms with Crippen molar-refractivity contribution in [3.05, 3.63) is 59.8 Å². The van der Waals surface area contributed by atoms with Gasteiger partial charge in [-0.3, -0.25) is 4.79 Å². The molecule has 2 N–H and O–H groups in total. The molecule has 0 heterocycles. The summed E-state index contributed by atoms with van der Waals surface area (Å²) < 4.78 is 29.3. The van der Waals surface area contributed by atoms with Crippen molar-refractivity contribution < 1.29 is 33.2 Å². The van der Waals surface area contributed by atoms with Crippen LogP contribution in [0.4, 0.5) is 5.69 Å². The normalized spacial score (nSPS) is 15.1. The topological polar surface area (TPSA) is 111 Å². The van der Waals surface area contributed by atoms with Crippen molar-refractivity contribution in [1.82, 2.24) is 5.09 Å². The molecule has 0 aliphatic heterocycles. The Morgan fingerprint density at radius 1 is 1.11 bits per heavy atom. The minimum atomic E-state index is -4.01. The van der Waals surface area contributed by atoms with Crippen molar-refractivity contribution in [3.63, 3.8) is 0 Å². The maximum atomic E-state index is 13.3. The van der Waals surface area contributed by atoms with E-state index in [1.807, 2.05) is 0 Å². The van der Waals surface area contributed by atoms with Crippen LogP contribution < -0.4 is 19.4 Å². The molecule has 2 aromatic carbocycles. The van der Waals surface area contributed by atoms with Crippen molar-refractivity contribution in [3.8, 4) is 11.5 Å². The van der Waals surface area contributed by atoms with Crippen LogP contribution in [0.5, 0.6) is 11.5 Å². The number of ether oxygens (including phenoxy) is 1. The predicted molar refractivity (Wildman–Crippen MR) is 102 cm³/mol. The monoisotopic (exact) mass is 410 g/mol. The molecule has 28 heavy (non-hydrogen) atoms. The Balaban J connectivity index is 2.22. The van der Waals surface area contributed by atoms with Crippen LogP contribution in [0.15, 0.2) is 54.6 Å². The van der Waals surface area contributed by atoms with Gasteiger partial charge in [0.05, 0.1) is 13.7 Å². The van der Waals surface area contributed by atoms with Gasteiger partial charge in [0.1, 0.15) is 17.5 Å². The number of hydrogen-bond acceptors (Lipinski definition) is 7. The molecular weight excluding hydrogens is 387 g/mol. The minimum absolute atomic E-state index is 0.176. The number of rotatable bonds is 10. The Morgan fingerprint density at radius 2 is 1.68 bits per heavy atom. The number of carbonyl (C=O) groups is 1. The summed E-state index contributed by atoms with van der Waals surface area (Å²) in [4.78, 5) is 16.5. The largest absolute Gasteiger partial charge is 0.595 e. The number of para-hydroxylation sites is 1. The van der Waals surface area contributed by atoms with Gasteiger partial charge in [-0.05, 0) is 38.1 Å². The Hall–Kier alpha value is -2.42. The lowest BCUT2D eigenvalue weighted by Crippen LogP contribution is -3.00. The Kier molecular flexibility index (Phi) is 7.98. The van der Waals surface area contributed by atoms with Crippen LogP contribution >= 0.6 is 7.75 Å². The highest BCUT2D eigenvalue weighted by Crippen LogP contribution is 2.45. The van der Waals surface area contributed by atoms with E-state index in [2.05, 4.69) is 9.92 Å². The summed E-state index contributed by atoms with van der Waals surface area (Å²) in [6, 6.07) is 13.3. The van der Waals surface area contributed by atoms with Crippen LogP contribution in [0.2, 0.25) is 0 Å². The number of quaternary nitrogens is 1. The third-order valence-electron chi connectivity index (χ3n) is 3.46. The van der Waals surface area contributed by atoms with Gasteiger partial charge in [-0.2, -0.15) is 10.3 Å². The molecule has 0 fully saturated rings. The molecule has 9 nitrogen and oxygen atoms in total. The summed E-state index contributed by atoms with van der Waals surface area (Å²) in [5.74, 6) is -0.125. The summed E-state index contributed by atoms with van der Waals surface area (Å²) in [6.45, 7) is 3.34. The molecule has 0 aliphatic carbocycles. The van der Waals surface area contributed by atoms with Gasteiger partial charge in [0.25, 0.3) is 0 Å². The van der Waals surface area contributed by atoms with E-state index in [9.17, 15) is 14.6 Å². The fourth-order valence-electron chi connectivity index (χ4n) is 2.16. The van der Waals surface area contributed by atoms with Gasteiger partial charge < -0.3 is 19.0 Å². The van der Waals surface area contributed by atoms with Gasteiger partial charge in [-0.15, -0.1) is 0 Å². The van der Waals surface area contributed by atoms with Crippen LogP contribution in [-0.2, 0) is 18.9 Å². The van der Waals surface area contributed by atoms with Gasteiger partial charge in [0.15, 0.2) is 5.69 Å². The Bertz CT molecular complexity index is 801. The second-order valence-corrected chi connectivity index (χ2v) is 7.23. The molecule has 152 valence electrons. The smallest absolute Gasteiger partial charge is 0.513 e. The number of benzene rings is 2. The van der Waals surface area contributed by atoms with Gasteiger partial charge in [0.2, 0.25) is 0 Å². The van der Waals surface area contributed by atoms with Gasteiger partial charge in [-0.25, -0.2) is 9.40 Å². The molecule has 2 rings (SSSR count). The van der Waals surface area contributed by atoms with E-state index in [1.165, 1.54) is 38.3 Å². The van der Waals surface area contributed by atoms with E-state index in [0.717, 1.165) is 0 Å². The zero-order chi connectivity index (χ0) is 20.6. The van der Waals surface area contributed by atoms with Crippen molar-refractivity contribution in [2.75, 3.05) is 13.7 Å². The van der Waals surface area contributed by atoms with E-state index < -0.39 is 25.0 Å². The molecule has 0 radical (unpaired) electrons. The average Bonchev–Trinajstić information content (AvgIpc) is 2.68. The summed E-state index contributed by atoms with van der Waals surface area (Å²) in [7, 11) is -2.74. The minimum Gasteiger partial charge on any atom is -0.595 e. The third kappa shape index (κ3) is 6.33. The fraction of sp³-hybridized carbons (Fsp3) is 0.278. The van der Waals surface area contributed by atoms with E-state index in [1.54, 1.807) is 37.3 Å². The van der Waals surface area contributed by atoms with Crippen molar-refractivity contribution in [1.29, 1.82) is 0 Å². The van der Waals surface area contributed by atoms with Gasteiger partial charge in [-0.1, -0.05) is 18.2 Å². The second-order valence-electron chi connectivity index (χ2n) is 5.61. The molecule has 10 heteroatoms.